The number of ether oxygens (including phenoxy) is 1. The second-order valence-corrected chi connectivity index (χ2v) is 11.5. The zero-order chi connectivity index (χ0) is 26.9. The fourth-order valence-corrected chi connectivity index (χ4v) is 6.55. The van der Waals surface area contributed by atoms with E-state index in [4.69, 9.17) is 27.9 Å². The van der Waals surface area contributed by atoms with Crippen LogP contribution in [0, 0.1) is 0 Å². The molecule has 1 aromatic heterocycles. The normalized spacial score (nSPS) is 12.3. The van der Waals surface area contributed by atoms with Gasteiger partial charge in [-0.15, -0.1) is 11.3 Å². The minimum atomic E-state index is -0.363. The van der Waals surface area contributed by atoms with Crippen molar-refractivity contribution in [2.24, 2.45) is 0 Å². The van der Waals surface area contributed by atoms with Crippen molar-refractivity contribution in [3.05, 3.63) is 79.6 Å². The van der Waals surface area contributed by atoms with Gasteiger partial charge < -0.3 is 15.4 Å². The molecule has 0 saturated heterocycles. The Balaban J connectivity index is 1.41. The van der Waals surface area contributed by atoms with Gasteiger partial charge in [0.1, 0.15) is 5.00 Å². The Bertz CT molecular complexity index is 1240. The molecule has 0 radical (unpaired) electrons. The Morgan fingerprint density at radius 1 is 0.974 bits per heavy atom. The van der Waals surface area contributed by atoms with Crippen LogP contribution in [0.1, 0.15) is 82.2 Å². The number of rotatable bonds is 13. The highest BCUT2D eigenvalue weighted by atomic mass is 35.5. The number of unbranched alkanes of at least 4 members (excludes halogenated alkanes) is 4. The molecule has 0 saturated carbocycles. The van der Waals surface area contributed by atoms with E-state index >= 15 is 0 Å². The monoisotopic (exact) mass is 572 g/mol. The van der Waals surface area contributed by atoms with Gasteiger partial charge >= 0.3 is 0 Å². The van der Waals surface area contributed by atoms with E-state index in [0.29, 0.717) is 45.1 Å². The molecule has 0 fully saturated rings. The van der Waals surface area contributed by atoms with E-state index in [1.165, 1.54) is 30.6 Å². The summed E-state index contributed by atoms with van der Waals surface area (Å²) < 4.78 is 5.82. The third-order valence-electron chi connectivity index (χ3n) is 6.67. The first-order chi connectivity index (χ1) is 18.5. The number of fused-ring (bicyclic) bond motifs is 1. The first kappa shape index (κ1) is 28.5. The number of hydrogen-bond acceptors (Lipinski definition) is 4. The average molecular weight is 574 g/mol. The minimum Gasteiger partial charge on any atom is -0.490 e. The number of benzene rings is 2. The summed E-state index contributed by atoms with van der Waals surface area (Å²) in [4.78, 5) is 27.6. The van der Waals surface area contributed by atoms with Crippen LogP contribution in [-0.2, 0) is 19.3 Å². The van der Waals surface area contributed by atoms with E-state index in [9.17, 15) is 9.59 Å². The second kappa shape index (κ2) is 14.0. The third kappa shape index (κ3) is 7.31. The average Bonchev–Trinajstić information content (AvgIpc) is 3.48. The molecule has 5 nitrogen and oxygen atoms in total. The van der Waals surface area contributed by atoms with Crippen molar-refractivity contribution in [1.82, 2.24) is 5.32 Å². The summed E-state index contributed by atoms with van der Waals surface area (Å²) in [6, 6.07) is 13.2. The lowest BCUT2D eigenvalue weighted by Gasteiger charge is -2.13. The smallest absolute Gasteiger partial charge is 0.256 e. The topological polar surface area (TPSA) is 67.4 Å². The van der Waals surface area contributed by atoms with Crippen molar-refractivity contribution in [2.45, 2.75) is 64.7 Å². The highest BCUT2D eigenvalue weighted by molar-refractivity contribution is 7.17. The van der Waals surface area contributed by atoms with E-state index in [1.54, 1.807) is 12.1 Å². The van der Waals surface area contributed by atoms with Crippen LogP contribution in [-0.4, -0.2) is 25.0 Å². The van der Waals surface area contributed by atoms with Crippen molar-refractivity contribution < 1.29 is 14.3 Å². The zero-order valence-corrected chi connectivity index (χ0v) is 24.0. The Morgan fingerprint density at radius 2 is 1.71 bits per heavy atom. The molecule has 2 aromatic carbocycles. The van der Waals surface area contributed by atoms with Crippen LogP contribution in [0.5, 0.6) is 5.75 Å². The van der Waals surface area contributed by atoms with Gasteiger partial charge in [-0.2, -0.15) is 0 Å². The molecule has 2 N–H and O–H groups in total. The molecular weight excluding hydrogens is 539 g/mol. The number of hydrogen-bond donors (Lipinski definition) is 2. The van der Waals surface area contributed by atoms with Gasteiger partial charge in [-0.25, -0.2) is 0 Å². The number of halogens is 2. The lowest BCUT2D eigenvalue weighted by atomic mass is 10.1. The van der Waals surface area contributed by atoms with Crippen molar-refractivity contribution in [3.63, 3.8) is 0 Å². The van der Waals surface area contributed by atoms with Crippen LogP contribution in [0.25, 0.3) is 0 Å². The molecule has 3 aromatic rings. The molecule has 0 unspecified atom stereocenters. The molecule has 2 amide bonds. The van der Waals surface area contributed by atoms with Gasteiger partial charge in [0, 0.05) is 17.0 Å². The lowest BCUT2D eigenvalue weighted by Crippen LogP contribution is -2.27. The molecule has 1 heterocycles. The molecule has 202 valence electrons. The molecular formula is C30H34Cl2N2O3S. The van der Waals surface area contributed by atoms with Crippen LogP contribution in [0.2, 0.25) is 10.0 Å². The molecule has 0 atom stereocenters. The largest absolute Gasteiger partial charge is 0.490 e. The summed E-state index contributed by atoms with van der Waals surface area (Å²) in [6.45, 7) is 3.23. The van der Waals surface area contributed by atoms with Crippen LogP contribution in [0.4, 0.5) is 5.00 Å². The highest BCUT2D eigenvalue weighted by Gasteiger charge is 2.28. The summed E-state index contributed by atoms with van der Waals surface area (Å²) in [7, 11) is 0. The Hall–Kier alpha value is -2.54. The van der Waals surface area contributed by atoms with Gasteiger partial charge in [-0.05, 0) is 55.4 Å². The predicted octanol–water partition coefficient (Wildman–Crippen LogP) is 8.12. The fraction of sp³-hybridized carbons (Fsp3) is 0.400. The quantitative estimate of drug-likeness (QED) is 0.203. The molecule has 0 aliphatic heterocycles. The van der Waals surface area contributed by atoms with Gasteiger partial charge in [-0.3, -0.25) is 9.59 Å². The second-order valence-electron chi connectivity index (χ2n) is 9.54. The molecule has 38 heavy (non-hydrogen) atoms. The van der Waals surface area contributed by atoms with Gasteiger partial charge in [-0.1, -0.05) is 86.1 Å². The first-order valence-corrected chi connectivity index (χ1v) is 14.9. The number of carbonyl (C=O) groups is 2. The standard InChI is InChI=1S/C30H34Cl2N2O3S/c1-2-3-4-5-9-17-37-27-23(31)18-21(19-24(27)32)28(35)34-30-26(22-13-10-14-25(22)38-30)29(36)33-16-15-20-11-7-6-8-12-20/h6-8,11-12,18-19H,2-5,9-10,13-17H2,1H3,(H,33,36)(H,34,35). The fourth-order valence-electron chi connectivity index (χ4n) is 4.67. The number of aryl methyl sites for hydroxylation is 1. The number of anilines is 1. The Labute approximate surface area is 238 Å². The summed E-state index contributed by atoms with van der Waals surface area (Å²) in [5.74, 6) is -0.124. The van der Waals surface area contributed by atoms with Crippen molar-refractivity contribution in [1.29, 1.82) is 0 Å². The van der Waals surface area contributed by atoms with E-state index in [-0.39, 0.29) is 11.8 Å². The highest BCUT2D eigenvalue weighted by Crippen LogP contribution is 2.40. The van der Waals surface area contributed by atoms with Gasteiger partial charge in [0.25, 0.3) is 11.8 Å². The molecule has 0 spiro atoms. The zero-order valence-electron chi connectivity index (χ0n) is 21.7. The summed E-state index contributed by atoms with van der Waals surface area (Å²) in [5.41, 5.74) is 3.10. The minimum absolute atomic E-state index is 0.158. The van der Waals surface area contributed by atoms with E-state index < -0.39 is 0 Å². The van der Waals surface area contributed by atoms with Crippen molar-refractivity contribution >= 4 is 51.4 Å². The van der Waals surface area contributed by atoms with E-state index in [2.05, 4.69) is 17.6 Å². The molecule has 0 bridgehead atoms. The number of carbonyl (C=O) groups excluding carboxylic acids is 2. The number of thiophene rings is 1. The van der Waals surface area contributed by atoms with E-state index in [1.807, 2.05) is 30.3 Å². The van der Waals surface area contributed by atoms with Crippen molar-refractivity contribution in [3.8, 4) is 5.75 Å². The summed E-state index contributed by atoms with van der Waals surface area (Å²) >= 11 is 14.4. The summed E-state index contributed by atoms with van der Waals surface area (Å²) in [5, 5.41) is 7.14. The van der Waals surface area contributed by atoms with Crippen molar-refractivity contribution in [2.75, 3.05) is 18.5 Å². The van der Waals surface area contributed by atoms with Gasteiger partial charge in [0.15, 0.2) is 5.75 Å². The maximum Gasteiger partial charge on any atom is 0.256 e. The van der Waals surface area contributed by atoms with Gasteiger partial charge in [0.2, 0.25) is 0 Å². The van der Waals surface area contributed by atoms with Gasteiger partial charge in [0.05, 0.1) is 22.2 Å². The maximum absolute atomic E-state index is 13.2. The molecule has 1 aliphatic rings. The maximum atomic E-state index is 13.2. The lowest BCUT2D eigenvalue weighted by molar-refractivity contribution is 0.0954. The SMILES string of the molecule is CCCCCCCOc1c(Cl)cc(C(=O)Nc2sc3c(c2C(=O)NCCc2ccccc2)CCC3)cc1Cl. The Kier molecular flexibility index (Phi) is 10.5. The van der Waals surface area contributed by atoms with Crippen LogP contribution in [0.3, 0.4) is 0 Å². The van der Waals surface area contributed by atoms with Crippen LogP contribution in [0.15, 0.2) is 42.5 Å². The number of amides is 2. The predicted molar refractivity (Wildman–Crippen MR) is 157 cm³/mol. The summed E-state index contributed by atoms with van der Waals surface area (Å²) in [6.07, 6.45) is 9.12. The third-order valence-corrected chi connectivity index (χ3v) is 8.44. The van der Waals surface area contributed by atoms with Crippen LogP contribution >= 0.6 is 34.5 Å². The molecule has 4 rings (SSSR count). The van der Waals surface area contributed by atoms with E-state index in [0.717, 1.165) is 54.5 Å². The first-order valence-electron chi connectivity index (χ1n) is 13.4. The van der Waals surface area contributed by atoms with Crippen LogP contribution < -0.4 is 15.4 Å². The number of nitrogens with one attached hydrogen (secondary N) is 2. The molecule has 8 heteroatoms. The molecule has 1 aliphatic carbocycles. The Morgan fingerprint density at radius 3 is 2.45 bits per heavy atom.